The quantitative estimate of drug-likeness (QED) is 0.278. The number of carbonyl (C=O) groups excluding carboxylic acids is 2. The lowest BCUT2D eigenvalue weighted by atomic mass is 10.1. The van der Waals surface area contributed by atoms with Crippen molar-refractivity contribution in [1.82, 2.24) is 10.6 Å². The molecular formula is C27H31ClN6O3. The van der Waals surface area contributed by atoms with Gasteiger partial charge in [0.15, 0.2) is 0 Å². The summed E-state index contributed by atoms with van der Waals surface area (Å²) in [6.07, 6.45) is 0. The van der Waals surface area contributed by atoms with E-state index in [4.69, 9.17) is 4.74 Å². The molecule has 0 aliphatic heterocycles. The van der Waals surface area contributed by atoms with Crippen molar-refractivity contribution >= 4 is 47.3 Å². The number of hydrogen-bond donors (Lipinski definition) is 4. The summed E-state index contributed by atoms with van der Waals surface area (Å²) in [6.45, 7) is 0. The van der Waals surface area contributed by atoms with Crippen LogP contribution < -0.4 is 26.0 Å². The lowest BCUT2D eigenvalue weighted by Crippen LogP contribution is -2.19. The minimum Gasteiger partial charge on any atom is -0.497 e. The number of rotatable bonds is 7. The second kappa shape index (κ2) is 13.6. The van der Waals surface area contributed by atoms with Gasteiger partial charge in [0.1, 0.15) is 17.4 Å². The van der Waals surface area contributed by atoms with Gasteiger partial charge in [0.05, 0.1) is 7.11 Å². The van der Waals surface area contributed by atoms with E-state index < -0.39 is 0 Å². The van der Waals surface area contributed by atoms with Crippen molar-refractivity contribution in [2.75, 3.05) is 45.9 Å². The highest BCUT2D eigenvalue weighted by molar-refractivity contribution is 6.09. The minimum absolute atomic E-state index is 0. The molecule has 0 aromatic heterocycles. The van der Waals surface area contributed by atoms with Gasteiger partial charge >= 0.3 is 0 Å². The fourth-order valence-electron chi connectivity index (χ4n) is 3.58. The molecule has 0 aliphatic rings. The molecule has 0 saturated heterocycles. The smallest absolute Gasteiger partial charge is 0.255 e. The van der Waals surface area contributed by atoms with Gasteiger partial charge in [-0.25, -0.2) is 0 Å². The van der Waals surface area contributed by atoms with Crippen LogP contribution in [0, 0.1) is 0 Å². The number of hydrogen-bond acceptors (Lipinski definition) is 5. The third kappa shape index (κ3) is 7.31. The zero-order valence-electron chi connectivity index (χ0n) is 21.4. The van der Waals surface area contributed by atoms with E-state index in [-0.39, 0.29) is 24.2 Å². The monoisotopic (exact) mass is 522 g/mol. The van der Waals surface area contributed by atoms with Crippen molar-refractivity contribution in [1.29, 1.82) is 0 Å². The molecule has 0 fully saturated rings. The molecule has 0 unspecified atom stereocenters. The van der Waals surface area contributed by atoms with Crippen molar-refractivity contribution in [2.24, 2.45) is 9.98 Å². The van der Waals surface area contributed by atoms with Gasteiger partial charge in [-0.15, -0.1) is 12.4 Å². The highest BCUT2D eigenvalue weighted by atomic mass is 35.5. The van der Waals surface area contributed by atoms with Crippen LogP contribution in [-0.2, 0) is 0 Å². The Bertz CT molecular complexity index is 1190. The van der Waals surface area contributed by atoms with Gasteiger partial charge in [0.25, 0.3) is 11.8 Å². The zero-order chi connectivity index (χ0) is 26.1. The third-order valence-electron chi connectivity index (χ3n) is 5.42. The molecule has 0 radical (unpaired) electrons. The minimum atomic E-state index is -0.364. The van der Waals surface area contributed by atoms with Gasteiger partial charge in [-0.2, -0.15) is 0 Å². The van der Waals surface area contributed by atoms with Crippen LogP contribution in [0.1, 0.15) is 31.8 Å². The Morgan fingerprint density at radius 2 is 1.03 bits per heavy atom. The van der Waals surface area contributed by atoms with Crippen LogP contribution in [0.3, 0.4) is 0 Å². The van der Waals surface area contributed by atoms with E-state index in [1.54, 1.807) is 64.6 Å². The molecule has 2 amide bonds. The van der Waals surface area contributed by atoms with Crippen LogP contribution in [0.25, 0.3) is 0 Å². The van der Waals surface area contributed by atoms with Crippen LogP contribution >= 0.6 is 12.4 Å². The Balaban J connectivity index is 0.00000481. The third-order valence-corrected chi connectivity index (χ3v) is 5.42. The first kappa shape index (κ1) is 28.9. The van der Waals surface area contributed by atoms with Gasteiger partial charge < -0.3 is 26.0 Å². The average Bonchev–Trinajstić information content (AvgIpc) is 2.91. The Kier molecular flexibility index (Phi) is 10.6. The van der Waals surface area contributed by atoms with Gasteiger partial charge in [-0.3, -0.25) is 19.6 Å². The largest absolute Gasteiger partial charge is 0.497 e. The summed E-state index contributed by atoms with van der Waals surface area (Å²) in [5.41, 5.74) is 3.61. The highest BCUT2D eigenvalue weighted by Crippen LogP contribution is 2.20. The first-order chi connectivity index (χ1) is 17.4. The van der Waals surface area contributed by atoms with Gasteiger partial charge in [0.2, 0.25) is 0 Å². The number of benzene rings is 3. The van der Waals surface area contributed by atoms with Gasteiger partial charge in [-0.1, -0.05) is 0 Å². The van der Waals surface area contributed by atoms with E-state index >= 15 is 0 Å². The van der Waals surface area contributed by atoms with Gasteiger partial charge in [0, 0.05) is 61.8 Å². The fourth-order valence-corrected chi connectivity index (χ4v) is 3.58. The lowest BCUT2D eigenvalue weighted by Gasteiger charge is -2.12. The van der Waals surface area contributed by atoms with Crippen LogP contribution in [0.4, 0.5) is 11.4 Å². The number of nitrogens with zero attached hydrogens (tertiary/aromatic N) is 2. The molecule has 0 saturated carbocycles. The summed E-state index contributed by atoms with van der Waals surface area (Å²) < 4.78 is 5.33. The van der Waals surface area contributed by atoms with E-state index in [0.717, 1.165) is 22.8 Å². The average molecular weight is 523 g/mol. The summed E-state index contributed by atoms with van der Waals surface area (Å²) in [4.78, 5) is 34.2. The number of aliphatic imine (C=N–C) groups is 2. The molecule has 0 spiro atoms. The molecular weight excluding hydrogens is 492 g/mol. The maximum Gasteiger partial charge on any atom is 0.255 e. The van der Waals surface area contributed by atoms with Crippen molar-refractivity contribution in [2.45, 2.75) is 0 Å². The zero-order valence-corrected chi connectivity index (χ0v) is 22.2. The molecule has 4 N–H and O–H groups in total. The number of anilines is 2. The van der Waals surface area contributed by atoms with E-state index in [1.165, 1.54) is 13.2 Å². The van der Waals surface area contributed by atoms with E-state index in [1.807, 2.05) is 24.3 Å². The maximum absolute atomic E-state index is 13.0. The number of amidine groups is 2. The molecule has 0 heterocycles. The maximum atomic E-state index is 13.0. The molecule has 3 rings (SSSR count). The van der Waals surface area contributed by atoms with Crippen molar-refractivity contribution in [3.63, 3.8) is 0 Å². The van der Waals surface area contributed by atoms with E-state index in [0.29, 0.717) is 28.3 Å². The second-order valence-corrected chi connectivity index (χ2v) is 7.66. The number of halogens is 1. The lowest BCUT2D eigenvalue weighted by molar-refractivity contribution is 0.102. The van der Waals surface area contributed by atoms with E-state index in [9.17, 15) is 9.59 Å². The fraction of sp³-hybridized carbons (Fsp3) is 0.185. The molecule has 0 aliphatic carbocycles. The predicted octanol–water partition coefficient (Wildman–Crippen LogP) is 3.81. The summed E-state index contributed by atoms with van der Waals surface area (Å²) >= 11 is 0. The van der Waals surface area contributed by atoms with Gasteiger partial charge in [-0.05, 0) is 66.7 Å². The molecule has 3 aromatic carbocycles. The standard InChI is InChI=1S/C27H30N6O3.ClH/c1-28-24(29-2)17-6-10-21(11-7-17)32-26(34)19-14-20(16-23(15-19)36-5)27(35)33-22-12-8-18(9-13-22)25(30-3)31-4;/h6-16H,1-5H3,(H,28,29)(H,30,31)(H,32,34)(H,33,35);1H. The SMILES string of the molecule is CN=C(NC)c1ccc(NC(=O)c2cc(OC)cc(C(=O)Nc3ccc(C(=NC)NC)cc3)c2)cc1.Cl. The first-order valence-corrected chi connectivity index (χ1v) is 11.2. The molecule has 37 heavy (non-hydrogen) atoms. The second-order valence-electron chi connectivity index (χ2n) is 7.66. The first-order valence-electron chi connectivity index (χ1n) is 11.2. The van der Waals surface area contributed by atoms with Crippen molar-refractivity contribution in [3.05, 3.63) is 89.0 Å². The molecule has 3 aromatic rings. The molecule has 0 bridgehead atoms. The molecule has 10 heteroatoms. The summed E-state index contributed by atoms with van der Waals surface area (Å²) in [5, 5.41) is 11.7. The van der Waals surface area contributed by atoms with Crippen LogP contribution in [0.2, 0.25) is 0 Å². The number of ether oxygens (including phenoxy) is 1. The summed E-state index contributed by atoms with van der Waals surface area (Å²) in [7, 11) is 8.48. The Morgan fingerprint density at radius 1 is 0.649 bits per heavy atom. The predicted molar refractivity (Wildman–Crippen MR) is 152 cm³/mol. The summed E-state index contributed by atoms with van der Waals surface area (Å²) in [5.74, 6) is 1.15. The summed E-state index contributed by atoms with van der Waals surface area (Å²) in [6, 6.07) is 19.3. The number of carbonyl (C=O) groups is 2. The van der Waals surface area contributed by atoms with Crippen LogP contribution in [0.5, 0.6) is 5.75 Å². The number of nitrogens with one attached hydrogen (secondary N) is 4. The molecule has 194 valence electrons. The Morgan fingerprint density at radius 3 is 1.32 bits per heavy atom. The van der Waals surface area contributed by atoms with Crippen molar-refractivity contribution in [3.8, 4) is 5.75 Å². The number of amides is 2. The van der Waals surface area contributed by atoms with Crippen LogP contribution in [-0.4, -0.2) is 58.8 Å². The normalized spacial score (nSPS) is 11.2. The van der Waals surface area contributed by atoms with E-state index in [2.05, 4.69) is 31.3 Å². The Hall–Kier alpha value is -4.37. The Labute approximate surface area is 222 Å². The van der Waals surface area contributed by atoms with Crippen molar-refractivity contribution < 1.29 is 14.3 Å². The topological polar surface area (TPSA) is 116 Å². The molecule has 9 nitrogen and oxygen atoms in total. The number of methoxy groups -OCH3 is 1. The highest BCUT2D eigenvalue weighted by Gasteiger charge is 2.15. The van der Waals surface area contributed by atoms with Crippen LogP contribution in [0.15, 0.2) is 76.7 Å². The molecule has 0 atom stereocenters.